The molecular formula is C16H19BrN2O2. The number of nitrogens with zero attached hydrogens (tertiary/aromatic N) is 1. The second-order valence-corrected chi connectivity index (χ2v) is 5.87. The zero-order valence-electron chi connectivity index (χ0n) is 12.0. The zero-order valence-corrected chi connectivity index (χ0v) is 13.6. The Morgan fingerprint density at radius 2 is 2.24 bits per heavy atom. The third-order valence-electron chi connectivity index (χ3n) is 3.50. The summed E-state index contributed by atoms with van der Waals surface area (Å²) in [4.78, 5) is 15.6. The molecular weight excluding hydrogens is 332 g/mol. The normalized spacial score (nSPS) is 12.5. The molecule has 0 bridgehead atoms. The van der Waals surface area contributed by atoms with Crippen molar-refractivity contribution in [3.8, 4) is 0 Å². The lowest BCUT2D eigenvalue weighted by molar-refractivity contribution is -0.139. The van der Waals surface area contributed by atoms with Crippen LogP contribution in [0.2, 0.25) is 0 Å². The number of hydrogen-bond donors (Lipinski definition) is 2. The molecule has 0 saturated carbocycles. The van der Waals surface area contributed by atoms with Crippen molar-refractivity contribution in [2.45, 2.75) is 38.8 Å². The smallest absolute Gasteiger partial charge is 0.320 e. The number of aromatic nitrogens is 1. The molecule has 1 aromatic carbocycles. The Morgan fingerprint density at radius 3 is 2.95 bits per heavy atom. The van der Waals surface area contributed by atoms with Crippen molar-refractivity contribution < 1.29 is 9.90 Å². The van der Waals surface area contributed by atoms with Crippen molar-refractivity contribution in [2.24, 2.45) is 0 Å². The van der Waals surface area contributed by atoms with E-state index >= 15 is 0 Å². The Morgan fingerprint density at radius 1 is 1.43 bits per heavy atom. The Kier molecular flexibility index (Phi) is 5.70. The number of unbranched alkanes of at least 4 members (excludes halogenated alkanes) is 1. The average molecular weight is 351 g/mol. The van der Waals surface area contributed by atoms with Crippen molar-refractivity contribution in [1.29, 1.82) is 0 Å². The number of aliphatic carboxylic acids is 1. The van der Waals surface area contributed by atoms with E-state index < -0.39 is 12.0 Å². The van der Waals surface area contributed by atoms with Gasteiger partial charge in [0, 0.05) is 22.6 Å². The summed E-state index contributed by atoms with van der Waals surface area (Å²) in [6.07, 6.45) is 4.31. The third-order valence-corrected chi connectivity index (χ3v) is 4.14. The SMILES string of the molecule is CCCCC(NCc1ccnc2c(Br)cccc12)C(=O)O. The van der Waals surface area contributed by atoms with E-state index in [0.29, 0.717) is 13.0 Å². The zero-order chi connectivity index (χ0) is 15.2. The van der Waals surface area contributed by atoms with E-state index in [1.165, 1.54) is 0 Å². The lowest BCUT2D eigenvalue weighted by Crippen LogP contribution is -2.36. The van der Waals surface area contributed by atoms with Gasteiger partial charge in [-0.3, -0.25) is 9.78 Å². The first-order valence-electron chi connectivity index (χ1n) is 7.11. The van der Waals surface area contributed by atoms with Crippen LogP contribution in [0.25, 0.3) is 10.9 Å². The van der Waals surface area contributed by atoms with E-state index in [4.69, 9.17) is 0 Å². The summed E-state index contributed by atoms with van der Waals surface area (Å²) in [5.74, 6) is -0.789. The second-order valence-electron chi connectivity index (χ2n) is 5.02. The van der Waals surface area contributed by atoms with E-state index in [2.05, 4.69) is 33.2 Å². The molecule has 1 heterocycles. The third kappa shape index (κ3) is 4.02. The molecule has 1 aromatic heterocycles. The molecule has 112 valence electrons. The first-order valence-corrected chi connectivity index (χ1v) is 7.91. The van der Waals surface area contributed by atoms with Crippen LogP contribution in [0.5, 0.6) is 0 Å². The van der Waals surface area contributed by atoms with Gasteiger partial charge >= 0.3 is 5.97 Å². The highest BCUT2D eigenvalue weighted by Crippen LogP contribution is 2.24. The molecule has 5 heteroatoms. The monoisotopic (exact) mass is 350 g/mol. The minimum Gasteiger partial charge on any atom is -0.480 e. The lowest BCUT2D eigenvalue weighted by Gasteiger charge is -2.15. The number of halogens is 1. The maximum Gasteiger partial charge on any atom is 0.320 e. The number of benzene rings is 1. The fraction of sp³-hybridized carbons (Fsp3) is 0.375. The molecule has 0 amide bonds. The van der Waals surface area contributed by atoms with Gasteiger partial charge in [-0.05, 0) is 40.0 Å². The van der Waals surface area contributed by atoms with Crippen LogP contribution in [0.1, 0.15) is 31.7 Å². The first kappa shape index (κ1) is 15.9. The number of rotatable bonds is 7. The van der Waals surface area contributed by atoms with Crippen LogP contribution in [0.4, 0.5) is 0 Å². The van der Waals surface area contributed by atoms with Gasteiger partial charge in [-0.2, -0.15) is 0 Å². The fourth-order valence-electron chi connectivity index (χ4n) is 2.31. The minimum atomic E-state index is -0.789. The Labute approximate surface area is 132 Å². The molecule has 0 spiro atoms. The topological polar surface area (TPSA) is 62.2 Å². The Balaban J connectivity index is 2.16. The molecule has 2 rings (SSSR count). The van der Waals surface area contributed by atoms with Gasteiger partial charge in [-0.1, -0.05) is 31.9 Å². The highest BCUT2D eigenvalue weighted by atomic mass is 79.9. The van der Waals surface area contributed by atoms with Gasteiger partial charge in [0.15, 0.2) is 0 Å². The van der Waals surface area contributed by atoms with Crippen LogP contribution in [0, 0.1) is 0 Å². The molecule has 0 aliphatic carbocycles. The van der Waals surface area contributed by atoms with Gasteiger partial charge in [0.25, 0.3) is 0 Å². The van der Waals surface area contributed by atoms with E-state index in [-0.39, 0.29) is 0 Å². The van der Waals surface area contributed by atoms with Gasteiger partial charge < -0.3 is 10.4 Å². The maximum atomic E-state index is 11.3. The van der Waals surface area contributed by atoms with Crippen LogP contribution in [0.3, 0.4) is 0 Å². The first-order chi connectivity index (χ1) is 10.1. The summed E-state index contributed by atoms with van der Waals surface area (Å²) >= 11 is 3.49. The lowest BCUT2D eigenvalue weighted by atomic mass is 10.1. The van der Waals surface area contributed by atoms with Crippen molar-refractivity contribution in [3.63, 3.8) is 0 Å². The summed E-state index contributed by atoms with van der Waals surface area (Å²) in [6.45, 7) is 2.59. The quantitative estimate of drug-likeness (QED) is 0.798. The molecule has 21 heavy (non-hydrogen) atoms. The van der Waals surface area contributed by atoms with E-state index in [0.717, 1.165) is 33.8 Å². The highest BCUT2D eigenvalue weighted by Gasteiger charge is 2.16. The predicted octanol–water partition coefficient (Wildman–Crippen LogP) is 3.73. The number of para-hydroxylation sites is 1. The van der Waals surface area contributed by atoms with Crippen molar-refractivity contribution >= 4 is 32.8 Å². The van der Waals surface area contributed by atoms with Crippen molar-refractivity contribution in [1.82, 2.24) is 10.3 Å². The summed E-state index contributed by atoms with van der Waals surface area (Å²) in [6, 6.07) is 7.35. The Hall–Kier alpha value is -1.46. The molecule has 1 unspecified atom stereocenters. The number of hydrogen-bond acceptors (Lipinski definition) is 3. The molecule has 0 aliphatic heterocycles. The number of carbonyl (C=O) groups is 1. The molecule has 4 nitrogen and oxygen atoms in total. The van der Waals surface area contributed by atoms with E-state index in [1.807, 2.05) is 24.3 Å². The number of nitrogens with one attached hydrogen (secondary N) is 1. The number of carboxylic acid groups (broad SMARTS) is 1. The van der Waals surface area contributed by atoms with E-state index in [9.17, 15) is 9.90 Å². The largest absolute Gasteiger partial charge is 0.480 e. The van der Waals surface area contributed by atoms with Crippen LogP contribution < -0.4 is 5.32 Å². The standard InChI is InChI=1S/C16H19BrN2O2/c1-2-3-7-14(16(20)21)19-10-11-8-9-18-15-12(11)5-4-6-13(15)17/h4-6,8-9,14,19H,2-3,7,10H2,1H3,(H,20,21). The van der Waals surface area contributed by atoms with Gasteiger partial charge in [0.2, 0.25) is 0 Å². The van der Waals surface area contributed by atoms with Crippen molar-refractivity contribution in [2.75, 3.05) is 0 Å². The molecule has 0 aliphatic rings. The van der Waals surface area contributed by atoms with E-state index in [1.54, 1.807) is 6.20 Å². The van der Waals surface area contributed by atoms with Crippen LogP contribution >= 0.6 is 15.9 Å². The van der Waals surface area contributed by atoms with Crippen LogP contribution in [0.15, 0.2) is 34.9 Å². The molecule has 0 saturated heterocycles. The fourth-order valence-corrected chi connectivity index (χ4v) is 2.77. The molecule has 2 aromatic rings. The summed E-state index contributed by atoms with van der Waals surface area (Å²) in [5.41, 5.74) is 1.96. The molecule has 2 N–H and O–H groups in total. The van der Waals surface area contributed by atoms with Crippen LogP contribution in [-0.2, 0) is 11.3 Å². The molecule has 1 atom stereocenters. The van der Waals surface area contributed by atoms with Gasteiger partial charge in [0.05, 0.1) is 5.52 Å². The predicted molar refractivity (Wildman–Crippen MR) is 87.2 cm³/mol. The molecule has 0 fully saturated rings. The Bertz CT molecular complexity index is 631. The van der Waals surface area contributed by atoms with Crippen LogP contribution in [-0.4, -0.2) is 22.1 Å². The minimum absolute atomic E-state index is 0.500. The van der Waals surface area contributed by atoms with Gasteiger partial charge in [-0.25, -0.2) is 0 Å². The van der Waals surface area contributed by atoms with Crippen molar-refractivity contribution in [3.05, 3.63) is 40.5 Å². The maximum absolute atomic E-state index is 11.3. The van der Waals surface area contributed by atoms with Gasteiger partial charge in [-0.15, -0.1) is 0 Å². The number of carboxylic acids is 1. The van der Waals surface area contributed by atoms with Gasteiger partial charge in [0.1, 0.15) is 6.04 Å². The summed E-state index contributed by atoms with van der Waals surface area (Å²) in [5, 5.41) is 13.4. The number of pyridine rings is 1. The molecule has 0 radical (unpaired) electrons. The second kappa shape index (κ2) is 7.52. The summed E-state index contributed by atoms with van der Waals surface area (Å²) < 4.78 is 0.947. The highest BCUT2D eigenvalue weighted by molar-refractivity contribution is 9.10. The number of fused-ring (bicyclic) bond motifs is 1. The average Bonchev–Trinajstić information content (AvgIpc) is 2.47. The summed E-state index contributed by atoms with van der Waals surface area (Å²) in [7, 11) is 0.